The maximum Gasteiger partial charge on any atom is 0.280 e. The van der Waals surface area contributed by atoms with Gasteiger partial charge in [-0.15, -0.1) is 5.10 Å². The van der Waals surface area contributed by atoms with E-state index in [2.05, 4.69) is 14.9 Å². The third kappa shape index (κ3) is 5.46. The van der Waals surface area contributed by atoms with E-state index in [-0.39, 0.29) is 11.6 Å². The summed E-state index contributed by atoms with van der Waals surface area (Å²) in [6.45, 7) is 7.64. The SMILES string of the molecule is COc1ccc(C(C(=O)NC(C)(C)C)N(C(=O)c2csnn2)c2cccc(C)c2)cc1. The molecule has 0 bridgehead atoms. The molecule has 0 spiro atoms. The predicted molar refractivity (Wildman–Crippen MR) is 122 cm³/mol. The van der Waals surface area contributed by atoms with Crippen LogP contribution in [0.2, 0.25) is 0 Å². The fourth-order valence-electron chi connectivity index (χ4n) is 3.18. The van der Waals surface area contributed by atoms with Crippen molar-refractivity contribution in [2.24, 2.45) is 0 Å². The number of rotatable bonds is 6. The molecular weight excluding hydrogens is 412 g/mol. The highest BCUT2D eigenvalue weighted by Gasteiger charge is 2.35. The molecule has 2 amide bonds. The molecule has 7 nitrogen and oxygen atoms in total. The van der Waals surface area contributed by atoms with Crippen LogP contribution in [0.4, 0.5) is 5.69 Å². The summed E-state index contributed by atoms with van der Waals surface area (Å²) in [4.78, 5) is 28.5. The number of aryl methyl sites for hydroxylation is 1. The molecule has 162 valence electrons. The van der Waals surface area contributed by atoms with Gasteiger partial charge >= 0.3 is 0 Å². The molecule has 1 atom stereocenters. The molecule has 0 fully saturated rings. The predicted octanol–water partition coefficient (Wildman–Crippen LogP) is 4.16. The van der Waals surface area contributed by atoms with Crippen LogP contribution < -0.4 is 15.0 Å². The van der Waals surface area contributed by atoms with Gasteiger partial charge in [-0.1, -0.05) is 28.8 Å². The van der Waals surface area contributed by atoms with Crippen molar-refractivity contribution in [2.75, 3.05) is 12.0 Å². The topological polar surface area (TPSA) is 84.4 Å². The maximum absolute atomic E-state index is 13.6. The van der Waals surface area contributed by atoms with Gasteiger partial charge in [-0.3, -0.25) is 14.5 Å². The third-order valence-electron chi connectivity index (χ3n) is 4.51. The smallest absolute Gasteiger partial charge is 0.280 e. The molecule has 1 heterocycles. The number of hydrogen-bond donors (Lipinski definition) is 1. The molecule has 1 aromatic heterocycles. The van der Waals surface area contributed by atoms with Crippen LogP contribution in [0.5, 0.6) is 5.75 Å². The summed E-state index contributed by atoms with van der Waals surface area (Å²) < 4.78 is 9.08. The number of carbonyl (C=O) groups excluding carboxylic acids is 2. The molecule has 0 aliphatic rings. The van der Waals surface area contributed by atoms with E-state index in [4.69, 9.17) is 4.74 Å². The van der Waals surface area contributed by atoms with E-state index in [9.17, 15) is 9.59 Å². The number of amides is 2. The summed E-state index contributed by atoms with van der Waals surface area (Å²) >= 11 is 1.09. The van der Waals surface area contributed by atoms with Crippen LogP contribution in [0.3, 0.4) is 0 Å². The first-order chi connectivity index (χ1) is 14.7. The number of anilines is 1. The maximum atomic E-state index is 13.6. The van der Waals surface area contributed by atoms with Gasteiger partial charge in [0.05, 0.1) is 7.11 Å². The van der Waals surface area contributed by atoms with Gasteiger partial charge in [-0.2, -0.15) is 0 Å². The van der Waals surface area contributed by atoms with Crippen molar-refractivity contribution in [1.82, 2.24) is 14.9 Å². The summed E-state index contributed by atoms with van der Waals surface area (Å²) in [5.74, 6) is -0.0317. The van der Waals surface area contributed by atoms with E-state index in [1.54, 1.807) is 36.8 Å². The van der Waals surface area contributed by atoms with Crippen molar-refractivity contribution in [3.8, 4) is 5.75 Å². The van der Waals surface area contributed by atoms with E-state index in [0.717, 1.165) is 17.1 Å². The van der Waals surface area contributed by atoms with E-state index in [0.29, 0.717) is 17.0 Å². The highest BCUT2D eigenvalue weighted by atomic mass is 32.1. The highest BCUT2D eigenvalue weighted by Crippen LogP contribution is 2.31. The largest absolute Gasteiger partial charge is 0.497 e. The van der Waals surface area contributed by atoms with Gasteiger partial charge in [0, 0.05) is 16.6 Å². The molecular formula is C23H26N4O3S. The number of ether oxygens (including phenoxy) is 1. The Morgan fingerprint density at radius 1 is 1.13 bits per heavy atom. The lowest BCUT2D eigenvalue weighted by Gasteiger charge is -2.33. The first-order valence-electron chi connectivity index (χ1n) is 9.83. The minimum atomic E-state index is -0.916. The Kier molecular flexibility index (Phi) is 6.70. The van der Waals surface area contributed by atoms with Crippen molar-refractivity contribution in [3.63, 3.8) is 0 Å². The van der Waals surface area contributed by atoms with Crippen molar-refractivity contribution in [3.05, 3.63) is 70.7 Å². The van der Waals surface area contributed by atoms with Gasteiger partial charge in [0.2, 0.25) is 5.91 Å². The van der Waals surface area contributed by atoms with E-state index in [1.807, 2.05) is 52.0 Å². The zero-order chi connectivity index (χ0) is 22.6. The first-order valence-corrected chi connectivity index (χ1v) is 10.7. The summed E-state index contributed by atoms with van der Waals surface area (Å²) in [7, 11) is 1.58. The van der Waals surface area contributed by atoms with Gasteiger partial charge in [-0.05, 0) is 74.6 Å². The molecule has 0 radical (unpaired) electrons. The van der Waals surface area contributed by atoms with Gasteiger partial charge in [0.15, 0.2) is 5.69 Å². The Hall–Kier alpha value is -3.26. The number of aromatic nitrogens is 2. The number of carbonyl (C=O) groups is 2. The minimum absolute atomic E-state index is 0.188. The van der Waals surface area contributed by atoms with Gasteiger partial charge < -0.3 is 10.1 Å². The Morgan fingerprint density at radius 3 is 2.39 bits per heavy atom. The Balaban J connectivity index is 2.17. The van der Waals surface area contributed by atoms with E-state index < -0.39 is 17.5 Å². The van der Waals surface area contributed by atoms with Crippen LogP contribution in [0.1, 0.15) is 48.4 Å². The van der Waals surface area contributed by atoms with Gasteiger partial charge in [-0.25, -0.2) is 0 Å². The number of hydrogen-bond acceptors (Lipinski definition) is 6. The number of nitrogens with zero attached hydrogens (tertiary/aromatic N) is 3. The standard InChI is InChI=1S/C23H26N4O3S/c1-15-7-6-8-17(13-15)27(22(29)19-14-31-26-25-19)20(21(28)24-23(2,3)4)16-9-11-18(30-5)12-10-16/h6-14,20H,1-5H3,(H,24,28). The van der Waals surface area contributed by atoms with Crippen molar-refractivity contribution < 1.29 is 14.3 Å². The summed E-state index contributed by atoms with van der Waals surface area (Å²) in [6, 6.07) is 13.7. The summed E-state index contributed by atoms with van der Waals surface area (Å²) in [5.41, 5.74) is 1.93. The fourth-order valence-corrected chi connectivity index (χ4v) is 3.61. The van der Waals surface area contributed by atoms with Crippen molar-refractivity contribution >= 4 is 29.0 Å². The zero-order valence-corrected chi connectivity index (χ0v) is 19.1. The summed E-state index contributed by atoms with van der Waals surface area (Å²) in [6.07, 6.45) is 0. The number of methoxy groups -OCH3 is 1. The molecule has 3 rings (SSSR count). The summed E-state index contributed by atoms with van der Waals surface area (Å²) in [5, 5.41) is 8.54. The van der Waals surface area contributed by atoms with E-state index >= 15 is 0 Å². The van der Waals surface area contributed by atoms with Crippen LogP contribution in [-0.2, 0) is 4.79 Å². The number of nitrogens with one attached hydrogen (secondary N) is 1. The minimum Gasteiger partial charge on any atom is -0.497 e. The fraction of sp³-hybridized carbons (Fsp3) is 0.304. The molecule has 0 saturated heterocycles. The normalized spacial score (nSPS) is 12.2. The molecule has 0 aliphatic heterocycles. The molecule has 0 saturated carbocycles. The average molecular weight is 439 g/mol. The van der Waals surface area contributed by atoms with Crippen LogP contribution in [-0.4, -0.2) is 34.1 Å². The zero-order valence-electron chi connectivity index (χ0n) is 18.2. The third-order valence-corrected chi connectivity index (χ3v) is 5.02. The first kappa shape index (κ1) is 22.4. The van der Waals surface area contributed by atoms with Crippen LogP contribution in [0.25, 0.3) is 0 Å². The second-order valence-corrected chi connectivity index (χ2v) is 8.83. The molecule has 8 heteroatoms. The molecule has 2 aromatic carbocycles. The van der Waals surface area contributed by atoms with Gasteiger partial charge in [0.25, 0.3) is 5.91 Å². The monoisotopic (exact) mass is 438 g/mol. The number of benzene rings is 2. The van der Waals surface area contributed by atoms with Crippen LogP contribution >= 0.6 is 11.5 Å². The van der Waals surface area contributed by atoms with Crippen LogP contribution in [0.15, 0.2) is 53.9 Å². The van der Waals surface area contributed by atoms with Crippen molar-refractivity contribution in [1.29, 1.82) is 0 Å². The lowest BCUT2D eigenvalue weighted by Crippen LogP contribution is -2.49. The molecule has 1 unspecified atom stereocenters. The average Bonchev–Trinajstić information content (AvgIpc) is 3.25. The Bertz CT molecular complexity index is 1040. The molecule has 0 aliphatic carbocycles. The lowest BCUT2D eigenvalue weighted by atomic mass is 10.00. The Labute approximate surface area is 186 Å². The molecule has 3 aromatic rings. The Morgan fingerprint density at radius 2 is 1.84 bits per heavy atom. The molecule has 1 N–H and O–H groups in total. The van der Waals surface area contributed by atoms with Gasteiger partial charge in [0.1, 0.15) is 11.8 Å². The second-order valence-electron chi connectivity index (χ2n) is 8.22. The molecule has 31 heavy (non-hydrogen) atoms. The van der Waals surface area contributed by atoms with E-state index in [1.165, 1.54) is 4.90 Å². The highest BCUT2D eigenvalue weighted by molar-refractivity contribution is 7.03. The van der Waals surface area contributed by atoms with Crippen LogP contribution in [0, 0.1) is 6.92 Å². The van der Waals surface area contributed by atoms with Crippen molar-refractivity contribution in [2.45, 2.75) is 39.3 Å². The second kappa shape index (κ2) is 9.26. The quantitative estimate of drug-likeness (QED) is 0.625. The lowest BCUT2D eigenvalue weighted by molar-refractivity contribution is -0.123.